The van der Waals surface area contributed by atoms with Crippen LogP contribution in [0.1, 0.15) is 16.7 Å². The Kier molecular flexibility index (Phi) is 5.54. The van der Waals surface area contributed by atoms with Crippen molar-refractivity contribution in [2.75, 3.05) is 0 Å². The second-order valence-corrected chi connectivity index (χ2v) is 6.63. The van der Waals surface area contributed by atoms with Crippen LogP contribution in [-0.2, 0) is 22.4 Å². The van der Waals surface area contributed by atoms with Gasteiger partial charge in [-0.2, -0.15) is 0 Å². The first-order valence-corrected chi connectivity index (χ1v) is 8.81. The average molecular weight is 397 g/mol. The lowest BCUT2D eigenvalue weighted by molar-refractivity contribution is -0.141. The fraction of sp³-hybridized carbons (Fsp3) is 0.190. The van der Waals surface area contributed by atoms with Gasteiger partial charge in [-0.25, -0.2) is 9.59 Å². The summed E-state index contributed by atoms with van der Waals surface area (Å²) in [6, 6.07) is 10.4. The van der Waals surface area contributed by atoms with Crippen LogP contribution in [0, 0.1) is 6.92 Å². The predicted octanol–water partition coefficient (Wildman–Crippen LogP) is 1.87. The average Bonchev–Trinajstić information content (AvgIpc) is 2.68. The number of amides is 1. The van der Waals surface area contributed by atoms with Crippen LogP contribution in [0.4, 0.5) is 0 Å². The number of hydrogen-bond donors (Lipinski definition) is 4. The molecule has 29 heavy (non-hydrogen) atoms. The molecule has 1 atom stereocenters. The highest BCUT2D eigenvalue weighted by Gasteiger charge is 2.23. The Balaban J connectivity index is 1.84. The van der Waals surface area contributed by atoms with E-state index >= 15 is 0 Å². The van der Waals surface area contributed by atoms with Crippen LogP contribution in [0.2, 0.25) is 0 Å². The van der Waals surface area contributed by atoms with Crippen LogP contribution in [0.3, 0.4) is 0 Å². The number of hydrogen-bond acceptors (Lipinski definition) is 6. The van der Waals surface area contributed by atoms with Gasteiger partial charge in [0.25, 0.3) is 0 Å². The normalized spacial score (nSPS) is 11.9. The van der Waals surface area contributed by atoms with Crippen molar-refractivity contribution < 1.29 is 29.3 Å². The van der Waals surface area contributed by atoms with Crippen molar-refractivity contribution in [1.29, 1.82) is 0 Å². The standard InChI is InChI=1S/C21H19NO7/c1-11-13-7-8-16(23)18(25)19(13)29-21(28)14(11)10-17(24)22-15(20(26)27)9-12-5-3-2-4-6-12/h2-8,15,23,25H,9-10H2,1H3,(H,22,24)(H,26,27). The number of carbonyl (C=O) groups excluding carboxylic acids is 1. The highest BCUT2D eigenvalue weighted by atomic mass is 16.4. The van der Waals surface area contributed by atoms with Gasteiger partial charge in [0, 0.05) is 11.8 Å². The summed E-state index contributed by atoms with van der Waals surface area (Å²) in [7, 11) is 0. The number of phenolic OH excluding ortho intramolecular Hbond substituents is 2. The van der Waals surface area contributed by atoms with Crippen molar-refractivity contribution in [3.05, 3.63) is 69.6 Å². The largest absolute Gasteiger partial charge is 0.504 e. The Bertz CT molecular complexity index is 1140. The van der Waals surface area contributed by atoms with Gasteiger partial charge in [0.1, 0.15) is 6.04 Å². The fourth-order valence-corrected chi connectivity index (χ4v) is 3.09. The zero-order valence-electron chi connectivity index (χ0n) is 15.5. The van der Waals surface area contributed by atoms with Crippen LogP contribution in [0.25, 0.3) is 11.0 Å². The van der Waals surface area contributed by atoms with Gasteiger partial charge in [0.2, 0.25) is 11.7 Å². The first-order valence-electron chi connectivity index (χ1n) is 8.81. The summed E-state index contributed by atoms with van der Waals surface area (Å²) >= 11 is 0. The Morgan fingerprint density at radius 3 is 2.45 bits per heavy atom. The monoisotopic (exact) mass is 397 g/mol. The molecular weight excluding hydrogens is 378 g/mol. The number of aromatic hydroxyl groups is 2. The first kappa shape index (κ1) is 19.9. The minimum Gasteiger partial charge on any atom is -0.504 e. The van der Waals surface area contributed by atoms with Gasteiger partial charge in [-0.05, 0) is 30.2 Å². The Labute approximate surface area is 165 Å². The number of carbonyl (C=O) groups is 2. The maximum Gasteiger partial charge on any atom is 0.340 e. The molecule has 0 saturated carbocycles. The molecule has 4 N–H and O–H groups in total. The van der Waals surface area contributed by atoms with Crippen molar-refractivity contribution >= 4 is 22.8 Å². The van der Waals surface area contributed by atoms with E-state index in [1.807, 2.05) is 0 Å². The van der Waals surface area contributed by atoms with Crippen LogP contribution in [0.15, 0.2) is 51.7 Å². The van der Waals surface area contributed by atoms with Crippen molar-refractivity contribution in [2.24, 2.45) is 0 Å². The number of carboxylic acid groups (broad SMARTS) is 1. The Hall–Kier alpha value is -3.81. The Morgan fingerprint density at radius 1 is 1.10 bits per heavy atom. The van der Waals surface area contributed by atoms with Crippen LogP contribution in [-0.4, -0.2) is 33.2 Å². The van der Waals surface area contributed by atoms with Crippen molar-refractivity contribution in [3.63, 3.8) is 0 Å². The van der Waals surface area contributed by atoms with Crippen LogP contribution >= 0.6 is 0 Å². The minimum absolute atomic E-state index is 0.0453. The van der Waals surface area contributed by atoms with Crippen LogP contribution in [0.5, 0.6) is 11.5 Å². The maximum absolute atomic E-state index is 12.4. The molecule has 150 valence electrons. The summed E-state index contributed by atoms with van der Waals surface area (Å²) in [5, 5.41) is 31.6. The molecule has 0 radical (unpaired) electrons. The summed E-state index contributed by atoms with van der Waals surface area (Å²) < 4.78 is 5.07. The SMILES string of the molecule is Cc1c(CC(=O)NC(Cc2ccccc2)C(=O)O)c(=O)oc2c(O)c(O)ccc12. The number of phenols is 2. The molecule has 3 aromatic rings. The van der Waals surface area contributed by atoms with E-state index in [0.717, 1.165) is 5.56 Å². The molecule has 1 aromatic heterocycles. The zero-order valence-corrected chi connectivity index (χ0v) is 15.5. The van der Waals surface area contributed by atoms with Gasteiger partial charge in [-0.15, -0.1) is 0 Å². The molecule has 1 heterocycles. The van der Waals surface area contributed by atoms with Crippen LogP contribution < -0.4 is 10.9 Å². The molecule has 8 heteroatoms. The van der Waals surface area contributed by atoms with Gasteiger partial charge in [-0.1, -0.05) is 30.3 Å². The number of aryl methyl sites for hydroxylation is 1. The van der Waals surface area contributed by atoms with Crippen molar-refractivity contribution in [2.45, 2.75) is 25.8 Å². The highest BCUT2D eigenvalue weighted by Crippen LogP contribution is 2.34. The maximum atomic E-state index is 12.4. The number of aliphatic carboxylic acids is 1. The first-order chi connectivity index (χ1) is 13.8. The lowest BCUT2D eigenvalue weighted by Gasteiger charge is -2.15. The molecule has 2 aromatic carbocycles. The summed E-state index contributed by atoms with van der Waals surface area (Å²) in [5.41, 5.74) is 0.169. The van der Waals surface area contributed by atoms with E-state index in [2.05, 4.69) is 5.32 Å². The lowest BCUT2D eigenvalue weighted by atomic mass is 10.0. The van der Waals surface area contributed by atoms with E-state index in [4.69, 9.17) is 4.42 Å². The van der Waals surface area contributed by atoms with E-state index in [1.165, 1.54) is 12.1 Å². The van der Waals surface area contributed by atoms with E-state index in [1.54, 1.807) is 37.3 Å². The number of benzene rings is 2. The number of rotatable bonds is 6. The molecule has 0 fully saturated rings. The molecule has 0 spiro atoms. The second kappa shape index (κ2) is 8.05. The van der Waals surface area contributed by atoms with E-state index in [9.17, 15) is 29.7 Å². The Morgan fingerprint density at radius 2 is 1.79 bits per heavy atom. The molecule has 8 nitrogen and oxygen atoms in total. The molecule has 3 rings (SSSR count). The third-order valence-corrected chi connectivity index (χ3v) is 4.66. The third kappa shape index (κ3) is 4.21. The molecule has 1 amide bonds. The smallest absolute Gasteiger partial charge is 0.340 e. The quantitative estimate of drug-likeness (QED) is 0.368. The molecule has 0 aliphatic rings. The predicted molar refractivity (Wildman–Crippen MR) is 104 cm³/mol. The fourth-order valence-electron chi connectivity index (χ4n) is 3.09. The van der Waals surface area contributed by atoms with Gasteiger partial charge >= 0.3 is 11.6 Å². The lowest BCUT2D eigenvalue weighted by Crippen LogP contribution is -2.43. The van der Waals surface area contributed by atoms with E-state index in [0.29, 0.717) is 10.9 Å². The molecule has 0 aliphatic carbocycles. The van der Waals surface area contributed by atoms with Gasteiger partial charge in [0.05, 0.1) is 12.0 Å². The molecular formula is C21H19NO7. The van der Waals surface area contributed by atoms with Gasteiger partial charge in [-0.3, -0.25) is 4.79 Å². The second-order valence-electron chi connectivity index (χ2n) is 6.63. The zero-order chi connectivity index (χ0) is 21.1. The topological polar surface area (TPSA) is 137 Å². The minimum atomic E-state index is -1.19. The number of nitrogens with one attached hydrogen (secondary N) is 1. The molecule has 0 saturated heterocycles. The van der Waals surface area contributed by atoms with Gasteiger partial charge < -0.3 is 25.1 Å². The third-order valence-electron chi connectivity index (χ3n) is 4.66. The number of fused-ring (bicyclic) bond motifs is 1. The molecule has 1 unspecified atom stereocenters. The number of carboxylic acids is 1. The molecule has 0 bridgehead atoms. The highest BCUT2D eigenvalue weighted by molar-refractivity contribution is 5.90. The summed E-state index contributed by atoms with van der Waals surface area (Å²) in [6.07, 6.45) is -0.287. The summed E-state index contributed by atoms with van der Waals surface area (Å²) in [6.45, 7) is 1.58. The van der Waals surface area contributed by atoms with Gasteiger partial charge in [0.15, 0.2) is 11.3 Å². The van der Waals surface area contributed by atoms with E-state index in [-0.39, 0.29) is 24.0 Å². The van der Waals surface area contributed by atoms with E-state index < -0.39 is 35.0 Å². The summed E-state index contributed by atoms with van der Waals surface area (Å²) in [5.74, 6) is -2.83. The van der Waals surface area contributed by atoms with Crippen molar-refractivity contribution in [1.82, 2.24) is 5.32 Å². The summed E-state index contributed by atoms with van der Waals surface area (Å²) in [4.78, 5) is 36.3. The molecule has 0 aliphatic heterocycles. The van der Waals surface area contributed by atoms with Crippen molar-refractivity contribution in [3.8, 4) is 11.5 Å².